The summed E-state index contributed by atoms with van der Waals surface area (Å²) in [6, 6.07) is 5.95. The standard InChI is InChI=1S/C12H10F3N3O/c1-16-11-10(19)5-6-18(17-11)9-4-2-3-8(7-9)12(13,14)15/h2-7H,1H3,(H,16,17). The first-order chi connectivity index (χ1) is 8.91. The first-order valence-corrected chi connectivity index (χ1v) is 5.37. The number of hydrogen-bond donors (Lipinski definition) is 1. The lowest BCUT2D eigenvalue weighted by Crippen LogP contribution is -2.15. The predicted molar refractivity (Wildman–Crippen MR) is 64.4 cm³/mol. The Hall–Kier alpha value is -2.31. The molecule has 0 spiro atoms. The van der Waals surface area contributed by atoms with Crippen molar-refractivity contribution in [2.75, 3.05) is 12.4 Å². The van der Waals surface area contributed by atoms with Gasteiger partial charge in [0, 0.05) is 19.3 Å². The third kappa shape index (κ3) is 2.75. The number of benzene rings is 1. The highest BCUT2D eigenvalue weighted by atomic mass is 19.4. The molecule has 2 aromatic rings. The van der Waals surface area contributed by atoms with E-state index in [-0.39, 0.29) is 16.9 Å². The second-order valence-corrected chi connectivity index (χ2v) is 3.77. The first-order valence-electron chi connectivity index (χ1n) is 5.37. The Bertz CT molecular complexity index is 649. The smallest absolute Gasteiger partial charge is 0.368 e. The van der Waals surface area contributed by atoms with E-state index in [1.54, 1.807) is 0 Å². The summed E-state index contributed by atoms with van der Waals surface area (Å²) < 4.78 is 39.0. The average Bonchev–Trinajstić information content (AvgIpc) is 2.38. The van der Waals surface area contributed by atoms with Crippen LogP contribution >= 0.6 is 0 Å². The van der Waals surface area contributed by atoms with Gasteiger partial charge in [0.05, 0.1) is 11.3 Å². The molecule has 7 heteroatoms. The maximum absolute atomic E-state index is 12.6. The Balaban J connectivity index is 2.50. The molecule has 0 saturated heterocycles. The molecule has 1 aromatic heterocycles. The molecule has 0 aliphatic rings. The molecule has 0 saturated carbocycles. The topological polar surface area (TPSA) is 46.9 Å². The molecular weight excluding hydrogens is 259 g/mol. The van der Waals surface area contributed by atoms with Crippen LogP contribution in [0.25, 0.3) is 5.69 Å². The van der Waals surface area contributed by atoms with E-state index in [0.29, 0.717) is 0 Å². The lowest BCUT2D eigenvalue weighted by Gasteiger charge is -2.10. The first kappa shape index (κ1) is 13.1. The fourth-order valence-electron chi connectivity index (χ4n) is 1.55. The van der Waals surface area contributed by atoms with Crippen LogP contribution in [0.3, 0.4) is 0 Å². The van der Waals surface area contributed by atoms with Gasteiger partial charge in [-0.3, -0.25) is 4.79 Å². The van der Waals surface area contributed by atoms with Crippen LogP contribution in [0.15, 0.2) is 41.3 Å². The van der Waals surface area contributed by atoms with E-state index in [1.807, 2.05) is 0 Å². The highest BCUT2D eigenvalue weighted by molar-refractivity contribution is 5.39. The minimum absolute atomic E-state index is 0.0694. The molecule has 0 unspecified atom stereocenters. The van der Waals surface area contributed by atoms with E-state index in [2.05, 4.69) is 10.4 Å². The molecule has 0 bridgehead atoms. The highest BCUT2D eigenvalue weighted by Crippen LogP contribution is 2.30. The molecule has 19 heavy (non-hydrogen) atoms. The van der Waals surface area contributed by atoms with Crippen molar-refractivity contribution in [2.24, 2.45) is 0 Å². The van der Waals surface area contributed by atoms with E-state index in [0.717, 1.165) is 12.1 Å². The largest absolute Gasteiger partial charge is 0.416 e. The Morgan fingerprint density at radius 2 is 2.00 bits per heavy atom. The van der Waals surface area contributed by atoms with E-state index >= 15 is 0 Å². The van der Waals surface area contributed by atoms with Gasteiger partial charge in [0.15, 0.2) is 5.82 Å². The molecule has 0 aliphatic heterocycles. The minimum atomic E-state index is -4.42. The van der Waals surface area contributed by atoms with Gasteiger partial charge in [-0.25, -0.2) is 4.68 Å². The zero-order valence-electron chi connectivity index (χ0n) is 9.90. The van der Waals surface area contributed by atoms with Crippen LogP contribution in [0, 0.1) is 0 Å². The van der Waals surface area contributed by atoms with Gasteiger partial charge in [0.2, 0.25) is 5.43 Å². The van der Waals surface area contributed by atoms with Crippen molar-refractivity contribution in [3.8, 4) is 5.69 Å². The summed E-state index contributed by atoms with van der Waals surface area (Å²) in [7, 11) is 1.51. The quantitative estimate of drug-likeness (QED) is 0.910. The van der Waals surface area contributed by atoms with Gasteiger partial charge < -0.3 is 5.32 Å². The molecule has 0 amide bonds. The fourth-order valence-corrected chi connectivity index (χ4v) is 1.55. The minimum Gasteiger partial charge on any atom is -0.368 e. The van der Waals surface area contributed by atoms with Crippen LogP contribution in [-0.4, -0.2) is 16.8 Å². The van der Waals surface area contributed by atoms with E-state index in [9.17, 15) is 18.0 Å². The molecule has 0 aliphatic carbocycles. The molecule has 0 fully saturated rings. The highest BCUT2D eigenvalue weighted by Gasteiger charge is 2.30. The average molecular weight is 269 g/mol. The number of halogens is 3. The van der Waals surface area contributed by atoms with E-state index < -0.39 is 11.7 Å². The Morgan fingerprint density at radius 3 is 2.63 bits per heavy atom. The second-order valence-electron chi connectivity index (χ2n) is 3.77. The summed E-state index contributed by atoms with van der Waals surface area (Å²) >= 11 is 0. The van der Waals surface area contributed by atoms with Crippen LogP contribution in [0.2, 0.25) is 0 Å². The van der Waals surface area contributed by atoms with Crippen molar-refractivity contribution in [1.29, 1.82) is 0 Å². The third-order valence-electron chi connectivity index (χ3n) is 2.48. The number of hydrogen-bond acceptors (Lipinski definition) is 3. The number of aromatic nitrogens is 2. The molecule has 4 nitrogen and oxygen atoms in total. The molecule has 1 N–H and O–H groups in total. The van der Waals surface area contributed by atoms with Gasteiger partial charge in [-0.05, 0) is 18.2 Å². The Labute approximate surface area is 106 Å². The molecule has 100 valence electrons. The molecular formula is C12H10F3N3O. The Morgan fingerprint density at radius 1 is 1.26 bits per heavy atom. The van der Waals surface area contributed by atoms with Crippen molar-refractivity contribution in [1.82, 2.24) is 9.78 Å². The van der Waals surface area contributed by atoms with Gasteiger partial charge in [0.25, 0.3) is 0 Å². The summed E-state index contributed by atoms with van der Waals surface area (Å²) in [5.74, 6) is 0.0694. The van der Waals surface area contributed by atoms with Gasteiger partial charge in [-0.2, -0.15) is 13.2 Å². The van der Waals surface area contributed by atoms with Crippen LogP contribution in [0.5, 0.6) is 0 Å². The van der Waals surface area contributed by atoms with Crippen molar-refractivity contribution in [3.63, 3.8) is 0 Å². The predicted octanol–water partition coefficient (Wildman–Crippen LogP) is 2.29. The molecule has 0 atom stereocenters. The van der Waals surface area contributed by atoms with Gasteiger partial charge >= 0.3 is 6.18 Å². The number of anilines is 1. The van der Waals surface area contributed by atoms with Crippen molar-refractivity contribution < 1.29 is 13.2 Å². The van der Waals surface area contributed by atoms with Crippen LogP contribution < -0.4 is 10.7 Å². The summed E-state index contributed by atoms with van der Waals surface area (Å²) in [5.41, 5.74) is -0.867. The number of alkyl halides is 3. The van der Waals surface area contributed by atoms with Crippen LogP contribution in [0.4, 0.5) is 19.0 Å². The summed E-state index contributed by atoms with van der Waals surface area (Å²) in [5, 5.41) is 6.49. The zero-order chi connectivity index (χ0) is 14.0. The monoisotopic (exact) mass is 269 g/mol. The third-order valence-corrected chi connectivity index (χ3v) is 2.48. The van der Waals surface area contributed by atoms with E-state index in [1.165, 1.54) is 36.1 Å². The van der Waals surface area contributed by atoms with E-state index in [4.69, 9.17) is 0 Å². The lowest BCUT2D eigenvalue weighted by molar-refractivity contribution is -0.137. The van der Waals surface area contributed by atoms with Crippen LogP contribution in [0.1, 0.15) is 5.56 Å². The van der Waals surface area contributed by atoms with Gasteiger partial charge in [-0.15, -0.1) is 5.10 Å². The fraction of sp³-hybridized carbons (Fsp3) is 0.167. The summed E-state index contributed by atoms with van der Waals surface area (Å²) in [4.78, 5) is 11.3. The van der Waals surface area contributed by atoms with Gasteiger partial charge in [0.1, 0.15) is 0 Å². The molecule has 0 radical (unpaired) electrons. The van der Waals surface area contributed by atoms with Crippen molar-refractivity contribution in [2.45, 2.75) is 6.18 Å². The molecule has 1 aromatic carbocycles. The number of nitrogens with zero attached hydrogens (tertiary/aromatic N) is 2. The van der Waals surface area contributed by atoms with Crippen molar-refractivity contribution in [3.05, 3.63) is 52.3 Å². The maximum Gasteiger partial charge on any atom is 0.416 e. The normalized spacial score (nSPS) is 11.4. The second kappa shape index (κ2) is 4.75. The summed E-state index contributed by atoms with van der Waals surface area (Å²) in [6.07, 6.45) is -3.10. The SMILES string of the molecule is CNc1nn(-c2cccc(C(F)(F)F)c2)ccc1=O. The number of rotatable bonds is 2. The van der Waals surface area contributed by atoms with Crippen molar-refractivity contribution >= 4 is 5.82 Å². The van der Waals surface area contributed by atoms with Crippen LogP contribution in [-0.2, 0) is 6.18 Å². The Kier molecular flexibility index (Phi) is 3.28. The maximum atomic E-state index is 12.6. The zero-order valence-corrected chi connectivity index (χ0v) is 9.90. The number of nitrogens with one attached hydrogen (secondary N) is 1. The summed E-state index contributed by atoms with van der Waals surface area (Å²) in [6.45, 7) is 0. The molecule has 2 rings (SSSR count). The lowest BCUT2D eigenvalue weighted by atomic mass is 10.2. The van der Waals surface area contributed by atoms with Gasteiger partial charge in [-0.1, -0.05) is 6.07 Å². The molecule has 1 heterocycles.